The average molecular weight is 487 g/mol. The molecule has 3 heterocycles. The second-order valence-corrected chi connectivity index (χ2v) is 9.18. The molecule has 2 aromatic carbocycles. The minimum Gasteiger partial charge on any atom is -0.497 e. The van der Waals surface area contributed by atoms with Gasteiger partial charge in [-0.3, -0.25) is 14.5 Å². The molecule has 0 radical (unpaired) electrons. The van der Waals surface area contributed by atoms with Crippen LogP contribution in [0, 0.1) is 5.92 Å². The zero-order valence-corrected chi connectivity index (χ0v) is 20.3. The standard InChI is InChI=1S/C28H30N4O4/c1-35-23-13-11-20(12-14-23)24-17-25(26-10-6-16-36-26)32(30-24)27(33)19-31-15-5-7-21(18-31)28(34)29-22-8-3-2-4-9-22/h2-4,6,8-14,16,21,25H,5,7,15,17-19H2,1H3,(H,29,34). The fourth-order valence-corrected chi connectivity index (χ4v) is 4.84. The first kappa shape index (κ1) is 23.8. The van der Waals surface area contributed by atoms with E-state index in [1.165, 1.54) is 0 Å². The van der Waals surface area contributed by atoms with E-state index in [2.05, 4.69) is 10.2 Å². The van der Waals surface area contributed by atoms with Gasteiger partial charge in [0.25, 0.3) is 5.91 Å². The van der Waals surface area contributed by atoms with Crippen molar-refractivity contribution in [1.29, 1.82) is 0 Å². The average Bonchev–Trinajstić information content (AvgIpc) is 3.60. The molecule has 3 aromatic rings. The predicted molar refractivity (Wildman–Crippen MR) is 137 cm³/mol. The van der Waals surface area contributed by atoms with Crippen LogP contribution in [-0.2, 0) is 9.59 Å². The first-order chi connectivity index (χ1) is 17.6. The van der Waals surface area contributed by atoms with E-state index in [-0.39, 0.29) is 30.3 Å². The lowest BCUT2D eigenvalue weighted by atomic mass is 9.97. The lowest BCUT2D eigenvalue weighted by Gasteiger charge is -2.32. The molecule has 2 amide bonds. The third-order valence-corrected chi connectivity index (χ3v) is 6.74. The Kier molecular flexibility index (Phi) is 7.13. The molecule has 2 aliphatic heterocycles. The smallest absolute Gasteiger partial charge is 0.257 e. The molecule has 0 saturated carbocycles. The van der Waals surface area contributed by atoms with Crippen molar-refractivity contribution in [3.63, 3.8) is 0 Å². The molecule has 2 atom stereocenters. The highest BCUT2D eigenvalue weighted by Gasteiger charge is 2.36. The van der Waals surface area contributed by atoms with Gasteiger partial charge in [-0.2, -0.15) is 5.10 Å². The van der Waals surface area contributed by atoms with Crippen LogP contribution >= 0.6 is 0 Å². The lowest BCUT2D eigenvalue weighted by molar-refractivity contribution is -0.136. The fourth-order valence-electron chi connectivity index (χ4n) is 4.84. The number of furan rings is 1. The number of hydrogen-bond donors (Lipinski definition) is 1. The number of nitrogens with one attached hydrogen (secondary N) is 1. The van der Waals surface area contributed by atoms with Gasteiger partial charge in [0.2, 0.25) is 5.91 Å². The second kappa shape index (κ2) is 10.8. The van der Waals surface area contributed by atoms with Gasteiger partial charge in [-0.15, -0.1) is 0 Å². The minimum absolute atomic E-state index is 0.00667. The highest BCUT2D eigenvalue weighted by atomic mass is 16.5. The van der Waals surface area contributed by atoms with Crippen molar-refractivity contribution in [1.82, 2.24) is 9.91 Å². The number of hydrogen-bond acceptors (Lipinski definition) is 6. The van der Waals surface area contributed by atoms with Crippen LogP contribution in [0.25, 0.3) is 0 Å². The predicted octanol–water partition coefficient (Wildman–Crippen LogP) is 4.32. The van der Waals surface area contributed by atoms with Crippen LogP contribution in [0.1, 0.15) is 36.6 Å². The van der Waals surface area contributed by atoms with Crippen molar-refractivity contribution in [3.05, 3.63) is 84.3 Å². The first-order valence-electron chi connectivity index (χ1n) is 12.3. The molecule has 2 aliphatic rings. The summed E-state index contributed by atoms with van der Waals surface area (Å²) in [4.78, 5) is 28.4. The summed E-state index contributed by atoms with van der Waals surface area (Å²) in [6.07, 6.45) is 3.85. The molecular weight excluding hydrogens is 456 g/mol. The number of methoxy groups -OCH3 is 1. The summed E-state index contributed by atoms with van der Waals surface area (Å²) in [5.41, 5.74) is 2.55. The summed E-state index contributed by atoms with van der Waals surface area (Å²) in [6.45, 7) is 1.51. The summed E-state index contributed by atoms with van der Waals surface area (Å²) < 4.78 is 10.9. The Morgan fingerprint density at radius 1 is 1.08 bits per heavy atom. The molecular formula is C28H30N4O4. The van der Waals surface area contributed by atoms with Crippen molar-refractivity contribution in [2.24, 2.45) is 11.0 Å². The van der Waals surface area contributed by atoms with Crippen LogP contribution in [0.2, 0.25) is 0 Å². The molecule has 1 saturated heterocycles. The highest BCUT2D eigenvalue weighted by molar-refractivity contribution is 6.03. The molecule has 8 nitrogen and oxygen atoms in total. The van der Waals surface area contributed by atoms with Gasteiger partial charge in [0.1, 0.15) is 17.6 Å². The first-order valence-corrected chi connectivity index (χ1v) is 12.3. The Hall–Kier alpha value is -3.91. The fraction of sp³-hybridized carbons (Fsp3) is 0.321. The van der Waals surface area contributed by atoms with Crippen molar-refractivity contribution in [2.45, 2.75) is 25.3 Å². The molecule has 186 valence electrons. The number of hydrazone groups is 1. The normalized spacial score (nSPS) is 20.1. The molecule has 2 unspecified atom stereocenters. The number of ether oxygens (including phenoxy) is 1. The number of anilines is 1. The van der Waals surface area contributed by atoms with Crippen LogP contribution in [0.3, 0.4) is 0 Å². The summed E-state index contributed by atoms with van der Waals surface area (Å²) >= 11 is 0. The third kappa shape index (κ3) is 5.33. The maximum atomic E-state index is 13.5. The lowest BCUT2D eigenvalue weighted by Crippen LogP contribution is -2.45. The van der Waals surface area contributed by atoms with E-state index in [9.17, 15) is 9.59 Å². The van der Waals surface area contributed by atoms with E-state index in [1.54, 1.807) is 18.4 Å². The number of benzene rings is 2. The minimum atomic E-state index is -0.299. The van der Waals surface area contributed by atoms with Crippen molar-refractivity contribution >= 4 is 23.2 Å². The van der Waals surface area contributed by atoms with Crippen LogP contribution in [0.4, 0.5) is 5.69 Å². The van der Waals surface area contributed by atoms with Crippen LogP contribution < -0.4 is 10.1 Å². The summed E-state index contributed by atoms with van der Waals surface area (Å²) in [6, 6.07) is 20.5. The Balaban J connectivity index is 1.27. The quantitative estimate of drug-likeness (QED) is 0.538. The SMILES string of the molecule is COc1ccc(C2=NN(C(=O)CN3CCCC(C(=O)Nc4ccccc4)C3)C(c3ccco3)C2)cc1. The third-order valence-electron chi connectivity index (χ3n) is 6.74. The summed E-state index contributed by atoms with van der Waals surface area (Å²) in [5.74, 6) is 1.19. The number of amides is 2. The van der Waals surface area contributed by atoms with E-state index >= 15 is 0 Å². The van der Waals surface area contributed by atoms with E-state index in [4.69, 9.17) is 14.3 Å². The Labute approximate surface area is 210 Å². The zero-order valence-electron chi connectivity index (χ0n) is 20.3. The zero-order chi connectivity index (χ0) is 24.9. The molecule has 0 aliphatic carbocycles. The number of likely N-dealkylation sites (tertiary alicyclic amines) is 1. The number of rotatable bonds is 7. The summed E-state index contributed by atoms with van der Waals surface area (Å²) in [7, 11) is 1.63. The number of nitrogens with zero attached hydrogens (tertiary/aromatic N) is 3. The van der Waals surface area contributed by atoms with Gasteiger partial charge < -0.3 is 14.5 Å². The number of piperidine rings is 1. The molecule has 36 heavy (non-hydrogen) atoms. The van der Waals surface area contributed by atoms with Crippen LogP contribution in [-0.4, -0.2) is 54.2 Å². The van der Waals surface area contributed by atoms with E-state index in [1.807, 2.05) is 66.7 Å². The Morgan fingerprint density at radius 3 is 2.61 bits per heavy atom. The van der Waals surface area contributed by atoms with Crippen LogP contribution in [0.15, 0.2) is 82.5 Å². The van der Waals surface area contributed by atoms with Crippen molar-refractivity contribution < 1.29 is 18.7 Å². The van der Waals surface area contributed by atoms with Gasteiger partial charge >= 0.3 is 0 Å². The van der Waals surface area contributed by atoms with Gasteiger partial charge in [0, 0.05) is 18.7 Å². The van der Waals surface area contributed by atoms with Gasteiger partial charge in [-0.05, 0) is 73.5 Å². The maximum Gasteiger partial charge on any atom is 0.257 e. The van der Waals surface area contributed by atoms with Gasteiger partial charge in [-0.25, -0.2) is 5.01 Å². The van der Waals surface area contributed by atoms with Crippen LogP contribution in [0.5, 0.6) is 5.75 Å². The van der Waals surface area contributed by atoms with Crippen molar-refractivity contribution in [3.8, 4) is 5.75 Å². The Morgan fingerprint density at radius 2 is 1.89 bits per heavy atom. The molecule has 0 bridgehead atoms. The molecule has 1 fully saturated rings. The summed E-state index contributed by atoms with van der Waals surface area (Å²) in [5, 5.41) is 9.26. The van der Waals surface area contributed by atoms with Crippen molar-refractivity contribution in [2.75, 3.05) is 32.1 Å². The van der Waals surface area contributed by atoms with Gasteiger partial charge in [0.15, 0.2) is 0 Å². The van der Waals surface area contributed by atoms with E-state index in [0.717, 1.165) is 42.1 Å². The number of para-hydroxylation sites is 1. The second-order valence-electron chi connectivity index (χ2n) is 9.18. The van der Waals surface area contributed by atoms with E-state index in [0.29, 0.717) is 18.7 Å². The maximum absolute atomic E-state index is 13.5. The molecule has 5 rings (SSSR count). The molecule has 0 spiro atoms. The molecule has 8 heteroatoms. The van der Waals surface area contributed by atoms with E-state index < -0.39 is 0 Å². The number of carbonyl (C=O) groups is 2. The van der Waals surface area contributed by atoms with Gasteiger partial charge in [0.05, 0.1) is 31.5 Å². The topological polar surface area (TPSA) is 87.4 Å². The van der Waals surface area contributed by atoms with Gasteiger partial charge in [-0.1, -0.05) is 18.2 Å². The monoisotopic (exact) mass is 486 g/mol. The molecule has 1 N–H and O–H groups in total. The Bertz CT molecular complexity index is 1210. The molecule has 1 aromatic heterocycles. The number of carbonyl (C=O) groups excluding carboxylic acids is 2. The highest BCUT2D eigenvalue weighted by Crippen LogP contribution is 2.33. The largest absolute Gasteiger partial charge is 0.497 e.